The molecule has 2 aromatic rings. The van der Waals surface area contributed by atoms with Crippen molar-refractivity contribution in [1.29, 1.82) is 0 Å². The van der Waals surface area contributed by atoms with Crippen LogP contribution in [-0.2, 0) is 0 Å². The largest absolute Gasteiger partial charge is 0.507 e. The van der Waals surface area contributed by atoms with Gasteiger partial charge in [0, 0.05) is 12.1 Å². The number of aromatic hydroxyl groups is 1. The molecule has 74 valence electrons. The van der Waals surface area contributed by atoms with Crippen LogP contribution in [0, 0.1) is 0 Å². The van der Waals surface area contributed by atoms with E-state index in [0.717, 1.165) is 10.2 Å². The standard InChI is InChI=1S/C10H11NO2S/c1-6(2)11-9(13)5-8(12)7-3-4-14-10(7)11/h3-6,12H,1-2H3. The van der Waals surface area contributed by atoms with Crippen molar-refractivity contribution < 1.29 is 5.11 Å². The molecule has 0 spiro atoms. The molecule has 0 saturated carbocycles. The summed E-state index contributed by atoms with van der Waals surface area (Å²) in [4.78, 5) is 12.4. The molecule has 0 aliphatic rings. The van der Waals surface area contributed by atoms with Gasteiger partial charge >= 0.3 is 0 Å². The third-order valence-corrected chi connectivity index (χ3v) is 3.07. The number of rotatable bonds is 1. The lowest BCUT2D eigenvalue weighted by Crippen LogP contribution is -2.20. The van der Waals surface area contributed by atoms with Crippen molar-refractivity contribution in [2.24, 2.45) is 0 Å². The molecule has 0 bridgehead atoms. The molecule has 0 amide bonds. The van der Waals surface area contributed by atoms with E-state index in [2.05, 4.69) is 0 Å². The zero-order valence-electron chi connectivity index (χ0n) is 8.02. The average molecular weight is 209 g/mol. The molecule has 2 heterocycles. The second kappa shape index (κ2) is 3.13. The second-order valence-electron chi connectivity index (χ2n) is 3.47. The van der Waals surface area contributed by atoms with Gasteiger partial charge in [-0.05, 0) is 25.3 Å². The fourth-order valence-corrected chi connectivity index (χ4v) is 2.58. The fraction of sp³-hybridized carbons (Fsp3) is 0.300. The lowest BCUT2D eigenvalue weighted by Gasteiger charge is -2.11. The van der Waals surface area contributed by atoms with Gasteiger partial charge in [-0.1, -0.05) is 0 Å². The highest BCUT2D eigenvalue weighted by Crippen LogP contribution is 2.28. The molecule has 3 nitrogen and oxygen atoms in total. The van der Waals surface area contributed by atoms with Gasteiger partial charge in [0.2, 0.25) is 0 Å². The zero-order valence-corrected chi connectivity index (χ0v) is 8.84. The maximum Gasteiger partial charge on any atom is 0.255 e. The molecule has 4 heteroatoms. The lowest BCUT2D eigenvalue weighted by atomic mass is 10.3. The maximum absolute atomic E-state index is 11.6. The summed E-state index contributed by atoms with van der Waals surface area (Å²) >= 11 is 1.47. The van der Waals surface area contributed by atoms with Crippen LogP contribution in [0.25, 0.3) is 10.2 Å². The Bertz CT molecular complexity index is 524. The molecule has 0 atom stereocenters. The summed E-state index contributed by atoms with van der Waals surface area (Å²) in [5, 5.41) is 12.2. The molecule has 0 saturated heterocycles. The monoisotopic (exact) mass is 209 g/mol. The second-order valence-corrected chi connectivity index (χ2v) is 4.37. The topological polar surface area (TPSA) is 42.2 Å². The highest BCUT2D eigenvalue weighted by atomic mass is 32.1. The molecule has 14 heavy (non-hydrogen) atoms. The highest BCUT2D eigenvalue weighted by molar-refractivity contribution is 7.16. The van der Waals surface area contributed by atoms with Gasteiger partial charge in [0.15, 0.2) is 0 Å². The van der Waals surface area contributed by atoms with Crippen LogP contribution in [0.15, 0.2) is 22.3 Å². The Hall–Kier alpha value is -1.29. The predicted octanol–water partition coefficient (Wildman–Crippen LogP) is 2.35. The van der Waals surface area contributed by atoms with Gasteiger partial charge < -0.3 is 5.11 Å². The zero-order chi connectivity index (χ0) is 10.3. The first-order chi connectivity index (χ1) is 6.61. The minimum atomic E-state index is -0.146. The van der Waals surface area contributed by atoms with Gasteiger partial charge in [0.05, 0.1) is 5.39 Å². The lowest BCUT2D eigenvalue weighted by molar-refractivity contribution is 0.477. The average Bonchev–Trinajstić information content (AvgIpc) is 2.51. The van der Waals surface area contributed by atoms with Crippen molar-refractivity contribution in [3.63, 3.8) is 0 Å². The van der Waals surface area contributed by atoms with E-state index in [9.17, 15) is 9.90 Å². The number of aromatic nitrogens is 1. The molecular formula is C10H11NO2S. The van der Waals surface area contributed by atoms with E-state index in [0.29, 0.717) is 0 Å². The minimum absolute atomic E-state index is 0.0724. The molecule has 0 aromatic carbocycles. The van der Waals surface area contributed by atoms with Crippen molar-refractivity contribution in [2.75, 3.05) is 0 Å². The van der Waals surface area contributed by atoms with Gasteiger partial charge in [-0.25, -0.2) is 0 Å². The number of thiophene rings is 1. The number of hydrogen-bond donors (Lipinski definition) is 1. The van der Waals surface area contributed by atoms with Crippen molar-refractivity contribution in [3.05, 3.63) is 27.9 Å². The van der Waals surface area contributed by atoms with Crippen molar-refractivity contribution >= 4 is 21.6 Å². The van der Waals surface area contributed by atoms with Crippen molar-refractivity contribution in [3.8, 4) is 5.75 Å². The Morgan fingerprint density at radius 1 is 1.50 bits per heavy atom. The van der Waals surface area contributed by atoms with E-state index in [-0.39, 0.29) is 17.4 Å². The Kier molecular flexibility index (Phi) is 2.07. The fourth-order valence-electron chi connectivity index (χ4n) is 1.54. The predicted molar refractivity (Wildman–Crippen MR) is 58.1 cm³/mol. The Morgan fingerprint density at radius 3 is 2.86 bits per heavy atom. The van der Waals surface area contributed by atoms with E-state index in [1.54, 1.807) is 4.57 Å². The molecular weight excluding hydrogens is 198 g/mol. The van der Waals surface area contributed by atoms with Crippen LogP contribution in [0.5, 0.6) is 5.75 Å². The van der Waals surface area contributed by atoms with Gasteiger partial charge in [-0.3, -0.25) is 9.36 Å². The number of hydrogen-bond acceptors (Lipinski definition) is 3. The third-order valence-electron chi connectivity index (χ3n) is 2.15. The summed E-state index contributed by atoms with van der Waals surface area (Å²) in [7, 11) is 0. The first-order valence-electron chi connectivity index (χ1n) is 4.43. The minimum Gasteiger partial charge on any atom is -0.507 e. The van der Waals surface area contributed by atoms with Crippen LogP contribution in [0.2, 0.25) is 0 Å². The summed E-state index contributed by atoms with van der Waals surface area (Å²) in [6, 6.07) is 3.21. The Balaban J connectivity index is 2.94. The van der Waals surface area contributed by atoms with E-state index < -0.39 is 0 Å². The van der Waals surface area contributed by atoms with Crippen LogP contribution in [0.3, 0.4) is 0 Å². The number of nitrogens with zero attached hydrogens (tertiary/aromatic N) is 1. The van der Waals surface area contributed by atoms with Crippen LogP contribution in [-0.4, -0.2) is 9.67 Å². The summed E-state index contributed by atoms with van der Waals surface area (Å²) in [6.45, 7) is 3.91. The molecule has 0 unspecified atom stereocenters. The van der Waals surface area contributed by atoms with Crippen LogP contribution >= 0.6 is 11.3 Å². The van der Waals surface area contributed by atoms with E-state index >= 15 is 0 Å². The van der Waals surface area contributed by atoms with Gasteiger partial charge in [0.25, 0.3) is 5.56 Å². The van der Waals surface area contributed by atoms with Gasteiger partial charge in [-0.15, -0.1) is 11.3 Å². The van der Waals surface area contributed by atoms with Crippen molar-refractivity contribution in [2.45, 2.75) is 19.9 Å². The highest BCUT2D eigenvalue weighted by Gasteiger charge is 2.10. The summed E-state index contributed by atoms with van der Waals surface area (Å²) in [6.07, 6.45) is 0. The summed E-state index contributed by atoms with van der Waals surface area (Å²) < 4.78 is 1.69. The first-order valence-corrected chi connectivity index (χ1v) is 5.31. The van der Waals surface area contributed by atoms with Crippen LogP contribution in [0.4, 0.5) is 0 Å². The number of fused-ring (bicyclic) bond motifs is 1. The Morgan fingerprint density at radius 2 is 2.21 bits per heavy atom. The normalized spacial score (nSPS) is 11.4. The summed E-state index contributed by atoms with van der Waals surface area (Å²) in [5.41, 5.74) is -0.146. The summed E-state index contributed by atoms with van der Waals surface area (Å²) in [5.74, 6) is 0.0724. The number of pyridine rings is 1. The molecule has 0 aliphatic carbocycles. The smallest absolute Gasteiger partial charge is 0.255 e. The van der Waals surface area contributed by atoms with Crippen molar-refractivity contribution in [1.82, 2.24) is 4.57 Å². The van der Waals surface area contributed by atoms with E-state index in [1.807, 2.05) is 25.3 Å². The molecule has 0 aliphatic heterocycles. The van der Waals surface area contributed by atoms with E-state index in [4.69, 9.17) is 0 Å². The van der Waals surface area contributed by atoms with Crippen LogP contribution in [0.1, 0.15) is 19.9 Å². The van der Waals surface area contributed by atoms with Gasteiger partial charge in [0.1, 0.15) is 10.6 Å². The van der Waals surface area contributed by atoms with E-state index in [1.165, 1.54) is 17.4 Å². The molecule has 2 aromatic heterocycles. The quantitative estimate of drug-likeness (QED) is 0.783. The van der Waals surface area contributed by atoms with Gasteiger partial charge in [-0.2, -0.15) is 0 Å². The molecule has 0 fully saturated rings. The van der Waals surface area contributed by atoms with Crippen LogP contribution < -0.4 is 5.56 Å². The Labute approximate surface area is 85.2 Å². The third kappa shape index (κ3) is 1.23. The molecule has 2 rings (SSSR count). The maximum atomic E-state index is 11.6. The molecule has 1 N–H and O–H groups in total. The molecule has 0 radical (unpaired) electrons. The first kappa shape index (κ1) is 9.27. The SMILES string of the molecule is CC(C)n1c(=O)cc(O)c2ccsc21.